The zero-order valence-corrected chi connectivity index (χ0v) is 41.5. The predicted octanol–water partition coefficient (Wildman–Crippen LogP) is 17.0. The Balaban J connectivity index is 0.894. The van der Waals surface area contributed by atoms with E-state index in [1.165, 1.54) is 38.2 Å². The number of para-hydroxylation sites is 1. The fraction of sp³-hybridized carbons (Fsp3) is 0.0455. The number of hydrogen-bond acceptors (Lipinski definition) is 4. The van der Waals surface area contributed by atoms with Gasteiger partial charge in [0.15, 0.2) is 17.5 Å². The second-order valence-electron chi connectivity index (χ2n) is 19.3. The fourth-order valence-electron chi connectivity index (χ4n) is 9.80. The highest BCUT2D eigenvalue weighted by Gasteiger charge is 2.19. The van der Waals surface area contributed by atoms with E-state index < -0.39 is 8.07 Å². The van der Waals surface area contributed by atoms with Gasteiger partial charge in [-0.05, 0) is 100 Å². The SMILES string of the molecule is C[Si](C)(C)c1ccc(-c2ccc(N(c3ccc(-c4ccccc4)cc3)c3ccc(-c4ccc5c(c4)c4ccccc4n5-c4cccc(-c5nc(-c6ccccc6)nc(-c6ccccc6)n5)c4)cc3)cc2)cc1. The van der Waals surface area contributed by atoms with Gasteiger partial charge in [-0.1, -0.05) is 213 Å². The maximum Gasteiger partial charge on any atom is 0.164 e. The van der Waals surface area contributed by atoms with Crippen LogP contribution in [0, 0.1) is 0 Å². The van der Waals surface area contributed by atoms with Crippen molar-refractivity contribution in [3.63, 3.8) is 0 Å². The molecule has 0 saturated heterocycles. The summed E-state index contributed by atoms with van der Waals surface area (Å²) in [6.07, 6.45) is 0. The first kappa shape index (κ1) is 44.2. The predicted molar refractivity (Wildman–Crippen MR) is 304 cm³/mol. The van der Waals surface area contributed by atoms with Crippen molar-refractivity contribution in [3.8, 4) is 73.2 Å². The quantitative estimate of drug-likeness (QED) is 0.121. The van der Waals surface area contributed by atoms with E-state index in [2.05, 4.69) is 223 Å². The molecule has 10 aromatic carbocycles. The molecule has 0 aliphatic carbocycles. The monoisotopic (exact) mass is 941 g/mol. The van der Waals surface area contributed by atoms with E-state index in [-0.39, 0.29) is 0 Å². The number of benzene rings is 10. The van der Waals surface area contributed by atoms with E-state index in [9.17, 15) is 0 Å². The van der Waals surface area contributed by atoms with Crippen LogP contribution in [0.2, 0.25) is 19.6 Å². The van der Waals surface area contributed by atoms with Crippen molar-refractivity contribution < 1.29 is 0 Å². The number of rotatable bonds is 11. The molecule has 72 heavy (non-hydrogen) atoms. The molecule has 0 fully saturated rings. The molecule has 0 aliphatic rings. The molecule has 0 aliphatic heterocycles. The number of hydrogen-bond donors (Lipinski definition) is 0. The van der Waals surface area contributed by atoms with Crippen LogP contribution in [0.4, 0.5) is 17.1 Å². The van der Waals surface area contributed by atoms with E-state index in [0.717, 1.165) is 61.6 Å². The summed E-state index contributed by atoms with van der Waals surface area (Å²) in [4.78, 5) is 17.4. The van der Waals surface area contributed by atoms with Gasteiger partial charge in [-0.2, -0.15) is 0 Å². The highest BCUT2D eigenvalue weighted by atomic mass is 28.3. The van der Waals surface area contributed by atoms with Crippen molar-refractivity contribution in [1.29, 1.82) is 0 Å². The van der Waals surface area contributed by atoms with Crippen molar-refractivity contribution in [1.82, 2.24) is 19.5 Å². The van der Waals surface area contributed by atoms with Crippen LogP contribution < -0.4 is 10.1 Å². The molecule has 0 atom stereocenters. The number of fused-ring (bicyclic) bond motifs is 3. The Kier molecular flexibility index (Phi) is 11.5. The molecule has 2 heterocycles. The minimum absolute atomic E-state index is 0.624. The third kappa shape index (κ3) is 8.70. The second-order valence-corrected chi connectivity index (χ2v) is 24.4. The Morgan fingerprint density at radius 3 is 1.21 bits per heavy atom. The summed E-state index contributed by atoms with van der Waals surface area (Å²) in [6, 6.07) is 90.9. The molecule has 0 spiro atoms. The molecule has 344 valence electrons. The Morgan fingerprint density at radius 2 is 0.694 bits per heavy atom. The van der Waals surface area contributed by atoms with Crippen molar-refractivity contribution in [2.45, 2.75) is 19.6 Å². The lowest BCUT2D eigenvalue weighted by Crippen LogP contribution is -2.37. The molecule has 5 nitrogen and oxygen atoms in total. The lowest BCUT2D eigenvalue weighted by molar-refractivity contribution is 1.07. The second kappa shape index (κ2) is 18.7. The molecule has 12 aromatic rings. The third-order valence-corrected chi connectivity index (χ3v) is 15.7. The van der Waals surface area contributed by atoms with E-state index in [1.807, 2.05) is 60.7 Å². The van der Waals surface area contributed by atoms with Gasteiger partial charge in [0, 0.05) is 50.2 Å². The van der Waals surface area contributed by atoms with Crippen molar-refractivity contribution in [2.24, 2.45) is 0 Å². The maximum absolute atomic E-state index is 5.05. The van der Waals surface area contributed by atoms with Crippen LogP contribution in [0.25, 0.3) is 95.0 Å². The standard InChI is InChI=1S/C66H51N5Si/c1-72(2,3)59-41-32-49(33-42-59)48-28-37-56(38-29-48)70(55-35-26-47(27-36-55)46-16-7-4-8-17-46)57-39-30-50(31-40-57)53-34-43-63-61(45-53)60-24-13-14-25-62(60)71(63)58-23-15-22-54(44-58)66-68-64(51-18-9-5-10-19-51)67-65(69-66)52-20-11-6-12-21-52/h4-45H,1-3H3. The molecule has 0 amide bonds. The summed E-state index contributed by atoms with van der Waals surface area (Å²) in [5, 5.41) is 3.85. The fourth-order valence-corrected chi connectivity index (χ4v) is 11.0. The third-order valence-electron chi connectivity index (χ3n) is 13.6. The van der Waals surface area contributed by atoms with E-state index in [1.54, 1.807) is 0 Å². The van der Waals surface area contributed by atoms with Crippen LogP contribution in [0.15, 0.2) is 255 Å². The Bertz CT molecular complexity index is 3790. The highest BCUT2D eigenvalue weighted by molar-refractivity contribution is 6.88. The first-order valence-corrected chi connectivity index (χ1v) is 28.1. The largest absolute Gasteiger partial charge is 0.311 e. The molecular weight excluding hydrogens is 891 g/mol. The minimum Gasteiger partial charge on any atom is -0.311 e. The molecule has 0 bridgehead atoms. The smallest absolute Gasteiger partial charge is 0.164 e. The summed E-state index contributed by atoms with van der Waals surface area (Å²) in [5.74, 6) is 1.90. The average Bonchev–Trinajstić information content (AvgIpc) is 3.78. The lowest BCUT2D eigenvalue weighted by Gasteiger charge is -2.26. The van der Waals surface area contributed by atoms with E-state index >= 15 is 0 Å². The van der Waals surface area contributed by atoms with Gasteiger partial charge in [-0.3, -0.25) is 0 Å². The number of nitrogens with zero attached hydrogens (tertiary/aromatic N) is 5. The van der Waals surface area contributed by atoms with Gasteiger partial charge in [0.05, 0.1) is 19.1 Å². The molecule has 2 aromatic heterocycles. The van der Waals surface area contributed by atoms with Crippen LogP contribution in [0.5, 0.6) is 0 Å². The van der Waals surface area contributed by atoms with Crippen LogP contribution in [-0.2, 0) is 0 Å². The van der Waals surface area contributed by atoms with Gasteiger partial charge >= 0.3 is 0 Å². The summed E-state index contributed by atoms with van der Waals surface area (Å²) >= 11 is 0. The molecule has 0 saturated carbocycles. The van der Waals surface area contributed by atoms with Gasteiger partial charge in [-0.25, -0.2) is 15.0 Å². The molecule has 0 N–H and O–H groups in total. The van der Waals surface area contributed by atoms with Crippen LogP contribution in [0.1, 0.15) is 0 Å². The topological polar surface area (TPSA) is 46.8 Å². The molecule has 0 radical (unpaired) electrons. The van der Waals surface area contributed by atoms with Crippen molar-refractivity contribution >= 4 is 52.1 Å². The zero-order valence-electron chi connectivity index (χ0n) is 40.5. The Hall–Kier alpha value is -8.97. The van der Waals surface area contributed by atoms with E-state index in [4.69, 9.17) is 15.0 Å². The molecular formula is C66H51N5Si. The van der Waals surface area contributed by atoms with Gasteiger partial charge in [0.2, 0.25) is 0 Å². The van der Waals surface area contributed by atoms with Gasteiger partial charge < -0.3 is 9.47 Å². The van der Waals surface area contributed by atoms with Gasteiger partial charge in [0.1, 0.15) is 0 Å². The summed E-state index contributed by atoms with van der Waals surface area (Å²) < 4.78 is 2.35. The van der Waals surface area contributed by atoms with E-state index in [0.29, 0.717) is 17.5 Å². The van der Waals surface area contributed by atoms with Crippen LogP contribution in [0.3, 0.4) is 0 Å². The summed E-state index contributed by atoms with van der Waals surface area (Å²) in [5.41, 5.74) is 16.5. The van der Waals surface area contributed by atoms with Crippen molar-refractivity contribution in [2.75, 3.05) is 4.90 Å². The summed E-state index contributed by atoms with van der Waals surface area (Å²) in [7, 11) is -1.39. The maximum atomic E-state index is 5.05. The molecule has 6 heteroatoms. The lowest BCUT2D eigenvalue weighted by atomic mass is 10.0. The molecule has 12 rings (SSSR count). The number of aromatic nitrogens is 4. The number of anilines is 3. The first-order chi connectivity index (χ1) is 35.3. The average molecular weight is 942 g/mol. The van der Waals surface area contributed by atoms with Gasteiger partial charge in [-0.15, -0.1) is 0 Å². The first-order valence-electron chi connectivity index (χ1n) is 24.6. The van der Waals surface area contributed by atoms with Crippen LogP contribution >= 0.6 is 0 Å². The van der Waals surface area contributed by atoms with Gasteiger partial charge in [0.25, 0.3) is 0 Å². The van der Waals surface area contributed by atoms with Crippen LogP contribution in [-0.4, -0.2) is 27.6 Å². The Labute approximate surface area is 422 Å². The van der Waals surface area contributed by atoms with Crippen molar-refractivity contribution in [3.05, 3.63) is 255 Å². The normalized spacial score (nSPS) is 11.5. The highest BCUT2D eigenvalue weighted by Crippen LogP contribution is 2.40. The zero-order chi connectivity index (χ0) is 48.6. The molecule has 0 unspecified atom stereocenters. The minimum atomic E-state index is -1.39. The Morgan fingerprint density at radius 1 is 0.306 bits per heavy atom. The summed E-state index contributed by atoms with van der Waals surface area (Å²) in [6.45, 7) is 7.19.